The average Bonchev–Trinajstić information content (AvgIpc) is 2.90. The minimum Gasteiger partial charge on any atom is -0.388 e. The maximum atomic E-state index is 11.2. The number of aliphatic hydroxyl groups is 1. The van der Waals surface area contributed by atoms with E-state index in [-0.39, 0.29) is 12.3 Å². The van der Waals surface area contributed by atoms with Crippen molar-refractivity contribution in [2.75, 3.05) is 0 Å². The van der Waals surface area contributed by atoms with Gasteiger partial charge in [0.2, 0.25) is 0 Å². The Morgan fingerprint density at radius 3 is 2.91 bits per heavy atom. The molecule has 3 rings (SSSR count). The number of nitrogens with zero attached hydrogens (tertiary/aromatic N) is 3. The zero-order valence-electron chi connectivity index (χ0n) is 11.5. The number of carbonyl (C=O) groups excluding carboxylic acids is 1. The van der Waals surface area contributed by atoms with Gasteiger partial charge in [0.25, 0.3) is 5.91 Å². The fourth-order valence-corrected chi connectivity index (χ4v) is 2.45. The highest BCUT2D eigenvalue weighted by Crippen LogP contribution is 2.19. The number of hydrogen-bond acceptors (Lipinski definition) is 4. The summed E-state index contributed by atoms with van der Waals surface area (Å²) in [6.45, 7) is 0.187. The lowest BCUT2D eigenvalue weighted by Crippen LogP contribution is -2.11. The van der Waals surface area contributed by atoms with Crippen LogP contribution in [0.15, 0.2) is 36.7 Å². The summed E-state index contributed by atoms with van der Waals surface area (Å²) in [7, 11) is 0. The molecule has 0 aliphatic heterocycles. The number of amides is 1. The topological polar surface area (TPSA) is 94.0 Å². The van der Waals surface area contributed by atoms with Gasteiger partial charge >= 0.3 is 0 Å². The Hall–Kier alpha value is -2.44. The maximum Gasteiger partial charge on any atom is 0.268 e. The van der Waals surface area contributed by atoms with Gasteiger partial charge in [-0.3, -0.25) is 9.78 Å². The van der Waals surface area contributed by atoms with Gasteiger partial charge < -0.3 is 15.4 Å². The number of primary amides is 1. The van der Waals surface area contributed by atoms with Gasteiger partial charge in [-0.1, -0.05) is 17.7 Å². The summed E-state index contributed by atoms with van der Waals surface area (Å²) >= 11 is 5.95. The van der Waals surface area contributed by atoms with Gasteiger partial charge in [0.1, 0.15) is 18.1 Å². The number of rotatable bonds is 4. The third-order valence-electron chi connectivity index (χ3n) is 3.32. The van der Waals surface area contributed by atoms with Crippen molar-refractivity contribution >= 4 is 28.4 Å². The fourth-order valence-electron chi connectivity index (χ4n) is 2.29. The molecule has 2 aromatic heterocycles. The first-order chi connectivity index (χ1) is 10.6. The molecular weight excluding hydrogens is 304 g/mol. The van der Waals surface area contributed by atoms with E-state index in [0.717, 1.165) is 16.5 Å². The smallest absolute Gasteiger partial charge is 0.268 e. The molecule has 22 heavy (non-hydrogen) atoms. The van der Waals surface area contributed by atoms with Crippen LogP contribution < -0.4 is 5.73 Å². The van der Waals surface area contributed by atoms with Crippen LogP contribution in [0.25, 0.3) is 10.9 Å². The molecule has 2 heterocycles. The number of halogens is 1. The van der Waals surface area contributed by atoms with Gasteiger partial charge in [0, 0.05) is 24.3 Å². The standard InChI is InChI=1S/C15H13ClN4O2/c16-11-4-10-3-9(1-2-12(10)18-5-11)6-20-7-13(15(17)22)19-14(20)8-21/h1-5,7,21H,6,8H2,(H2,17,22). The number of pyridine rings is 1. The monoisotopic (exact) mass is 316 g/mol. The van der Waals surface area contributed by atoms with Crippen molar-refractivity contribution in [3.05, 3.63) is 58.8 Å². The highest BCUT2D eigenvalue weighted by atomic mass is 35.5. The van der Waals surface area contributed by atoms with Gasteiger partial charge in [-0.05, 0) is 23.8 Å². The van der Waals surface area contributed by atoms with E-state index in [1.54, 1.807) is 10.8 Å². The van der Waals surface area contributed by atoms with E-state index in [2.05, 4.69) is 9.97 Å². The first kappa shape index (κ1) is 14.5. The van der Waals surface area contributed by atoms with Crippen LogP contribution in [-0.2, 0) is 13.2 Å². The second kappa shape index (κ2) is 5.75. The minimum atomic E-state index is -0.622. The largest absolute Gasteiger partial charge is 0.388 e. The molecule has 0 aliphatic rings. The molecule has 3 N–H and O–H groups in total. The molecule has 0 fully saturated rings. The molecule has 6 nitrogen and oxygen atoms in total. The van der Waals surface area contributed by atoms with Crippen molar-refractivity contribution in [3.63, 3.8) is 0 Å². The Morgan fingerprint density at radius 2 is 2.18 bits per heavy atom. The van der Waals surface area contributed by atoms with E-state index in [4.69, 9.17) is 17.3 Å². The molecule has 0 spiro atoms. The molecular formula is C15H13ClN4O2. The predicted molar refractivity (Wildman–Crippen MR) is 82.5 cm³/mol. The van der Waals surface area contributed by atoms with Crippen molar-refractivity contribution in [1.82, 2.24) is 14.5 Å². The minimum absolute atomic E-state index is 0.134. The third kappa shape index (κ3) is 2.79. The normalized spacial score (nSPS) is 11.0. The van der Waals surface area contributed by atoms with Crippen LogP contribution in [0.3, 0.4) is 0 Å². The Morgan fingerprint density at radius 1 is 1.36 bits per heavy atom. The summed E-state index contributed by atoms with van der Waals surface area (Å²) in [6, 6.07) is 7.61. The Labute approximate surface area is 131 Å². The molecule has 1 amide bonds. The quantitative estimate of drug-likeness (QED) is 0.766. The first-order valence-electron chi connectivity index (χ1n) is 6.57. The second-order valence-corrected chi connectivity index (χ2v) is 5.31. The number of aliphatic hydroxyl groups excluding tert-OH is 1. The van der Waals surface area contributed by atoms with Crippen LogP contribution in [0, 0.1) is 0 Å². The van der Waals surface area contributed by atoms with Gasteiger partial charge in [-0.25, -0.2) is 4.98 Å². The van der Waals surface area contributed by atoms with Crippen LogP contribution in [0.4, 0.5) is 0 Å². The Bertz CT molecular complexity index is 860. The molecule has 3 aromatic rings. The first-order valence-corrected chi connectivity index (χ1v) is 6.95. The summed E-state index contributed by atoms with van der Waals surface area (Å²) in [5.74, 6) is -0.235. The van der Waals surface area contributed by atoms with Crippen LogP contribution in [0.2, 0.25) is 5.02 Å². The summed E-state index contributed by atoms with van der Waals surface area (Å²) < 4.78 is 1.69. The SMILES string of the molecule is NC(=O)c1cn(Cc2ccc3ncc(Cl)cc3c2)c(CO)n1. The van der Waals surface area contributed by atoms with Gasteiger partial charge in [-0.15, -0.1) is 0 Å². The number of carbonyl (C=O) groups is 1. The molecule has 0 unspecified atom stereocenters. The van der Waals surface area contributed by atoms with E-state index in [1.807, 2.05) is 24.3 Å². The Balaban J connectivity index is 1.97. The second-order valence-electron chi connectivity index (χ2n) is 4.87. The molecule has 0 atom stereocenters. The van der Waals surface area contributed by atoms with Crippen molar-refractivity contribution < 1.29 is 9.90 Å². The van der Waals surface area contributed by atoms with Crippen LogP contribution in [0.1, 0.15) is 21.9 Å². The lowest BCUT2D eigenvalue weighted by atomic mass is 10.1. The number of nitrogens with two attached hydrogens (primary N) is 1. The average molecular weight is 317 g/mol. The summed E-state index contributed by atoms with van der Waals surface area (Å²) in [5, 5.41) is 10.8. The number of benzene rings is 1. The van der Waals surface area contributed by atoms with E-state index in [9.17, 15) is 9.90 Å². The highest BCUT2D eigenvalue weighted by molar-refractivity contribution is 6.31. The Kier molecular flexibility index (Phi) is 3.79. The van der Waals surface area contributed by atoms with Gasteiger partial charge in [0.15, 0.2) is 0 Å². The zero-order chi connectivity index (χ0) is 15.7. The molecule has 7 heteroatoms. The molecule has 0 radical (unpaired) electrons. The van der Waals surface area contributed by atoms with Crippen molar-refractivity contribution in [2.24, 2.45) is 5.73 Å². The fraction of sp³-hybridized carbons (Fsp3) is 0.133. The lowest BCUT2D eigenvalue weighted by molar-refractivity contribution is 0.0995. The van der Waals surface area contributed by atoms with E-state index in [0.29, 0.717) is 17.4 Å². The third-order valence-corrected chi connectivity index (χ3v) is 3.52. The number of hydrogen-bond donors (Lipinski definition) is 2. The molecule has 112 valence electrons. The predicted octanol–water partition coefficient (Wildman–Crippen LogP) is 1.72. The van der Waals surface area contributed by atoms with E-state index < -0.39 is 5.91 Å². The summed E-state index contributed by atoms with van der Waals surface area (Å²) in [6.07, 6.45) is 3.14. The molecule has 0 saturated heterocycles. The highest BCUT2D eigenvalue weighted by Gasteiger charge is 2.11. The zero-order valence-corrected chi connectivity index (χ0v) is 12.3. The maximum absolute atomic E-state index is 11.2. The molecule has 0 aliphatic carbocycles. The van der Waals surface area contributed by atoms with Crippen molar-refractivity contribution in [2.45, 2.75) is 13.2 Å². The number of aromatic nitrogens is 3. The van der Waals surface area contributed by atoms with Crippen LogP contribution in [-0.4, -0.2) is 25.5 Å². The lowest BCUT2D eigenvalue weighted by Gasteiger charge is -2.07. The van der Waals surface area contributed by atoms with Crippen molar-refractivity contribution in [3.8, 4) is 0 Å². The summed E-state index contributed by atoms with van der Waals surface area (Å²) in [4.78, 5) is 19.4. The number of imidazole rings is 1. The summed E-state index contributed by atoms with van der Waals surface area (Å²) in [5.41, 5.74) is 7.17. The number of fused-ring (bicyclic) bond motifs is 1. The molecule has 0 saturated carbocycles. The van der Waals surface area contributed by atoms with Crippen LogP contribution in [0.5, 0.6) is 0 Å². The molecule has 1 aromatic carbocycles. The van der Waals surface area contributed by atoms with Gasteiger partial charge in [0.05, 0.1) is 10.5 Å². The molecule has 0 bridgehead atoms. The van der Waals surface area contributed by atoms with E-state index >= 15 is 0 Å². The van der Waals surface area contributed by atoms with Crippen molar-refractivity contribution in [1.29, 1.82) is 0 Å². The van der Waals surface area contributed by atoms with Crippen LogP contribution >= 0.6 is 11.6 Å². The van der Waals surface area contributed by atoms with Gasteiger partial charge in [-0.2, -0.15) is 0 Å². The van der Waals surface area contributed by atoms with E-state index in [1.165, 1.54) is 6.20 Å².